The number of hydrogen-bond acceptors (Lipinski definition) is 4. The van der Waals surface area contributed by atoms with Gasteiger partial charge in [-0.3, -0.25) is 0 Å². The van der Waals surface area contributed by atoms with Crippen LogP contribution in [0, 0.1) is 0 Å². The second kappa shape index (κ2) is 6.02. The zero-order valence-electron chi connectivity index (χ0n) is 9.97. The van der Waals surface area contributed by atoms with Crippen LogP contribution < -0.4 is 10.5 Å². The summed E-state index contributed by atoms with van der Waals surface area (Å²) in [5.41, 5.74) is 0.995. The first kappa shape index (κ1) is 14.5. The van der Waals surface area contributed by atoms with E-state index in [1.165, 1.54) is 12.1 Å². The van der Waals surface area contributed by atoms with Gasteiger partial charge >= 0.3 is 0 Å². The SMILES string of the molecule is NS(=O)(=O)c1ccc(CNCc2cc(Cl)cs2)cc1. The van der Waals surface area contributed by atoms with Gasteiger partial charge in [0, 0.05) is 23.3 Å². The van der Waals surface area contributed by atoms with E-state index in [-0.39, 0.29) is 4.90 Å². The van der Waals surface area contributed by atoms with E-state index in [1.54, 1.807) is 23.5 Å². The Morgan fingerprint density at radius 2 is 1.89 bits per heavy atom. The summed E-state index contributed by atoms with van der Waals surface area (Å²) in [7, 11) is -3.61. The molecule has 1 aromatic carbocycles. The van der Waals surface area contributed by atoms with Gasteiger partial charge in [-0.15, -0.1) is 11.3 Å². The molecule has 0 aliphatic heterocycles. The summed E-state index contributed by atoms with van der Waals surface area (Å²) in [6, 6.07) is 8.42. The van der Waals surface area contributed by atoms with Crippen molar-refractivity contribution in [3.63, 3.8) is 0 Å². The molecule has 0 saturated carbocycles. The highest BCUT2D eigenvalue weighted by Crippen LogP contribution is 2.18. The van der Waals surface area contributed by atoms with Crippen molar-refractivity contribution in [2.45, 2.75) is 18.0 Å². The van der Waals surface area contributed by atoms with Crippen LogP contribution in [0.1, 0.15) is 10.4 Å². The number of halogens is 1. The quantitative estimate of drug-likeness (QED) is 0.889. The maximum absolute atomic E-state index is 11.1. The standard InChI is InChI=1S/C12H13ClN2O2S2/c13-10-5-11(18-8-10)7-15-6-9-1-3-12(4-2-9)19(14,16)17/h1-5,8,15H,6-7H2,(H2,14,16,17). The molecule has 1 heterocycles. The van der Waals surface area contributed by atoms with Crippen LogP contribution in [0.4, 0.5) is 0 Å². The Morgan fingerprint density at radius 3 is 2.42 bits per heavy atom. The summed E-state index contributed by atoms with van der Waals surface area (Å²) in [5, 5.41) is 10.9. The maximum atomic E-state index is 11.1. The van der Waals surface area contributed by atoms with E-state index in [0.29, 0.717) is 6.54 Å². The van der Waals surface area contributed by atoms with Crippen molar-refractivity contribution in [3.05, 3.63) is 51.2 Å². The fourth-order valence-electron chi connectivity index (χ4n) is 1.57. The molecule has 3 N–H and O–H groups in total. The van der Waals surface area contributed by atoms with Gasteiger partial charge in [0.15, 0.2) is 0 Å². The minimum Gasteiger partial charge on any atom is -0.308 e. The number of sulfonamides is 1. The molecule has 0 aliphatic carbocycles. The van der Waals surface area contributed by atoms with E-state index in [2.05, 4.69) is 5.32 Å². The van der Waals surface area contributed by atoms with Crippen molar-refractivity contribution in [3.8, 4) is 0 Å². The Morgan fingerprint density at radius 1 is 1.21 bits per heavy atom. The van der Waals surface area contributed by atoms with Gasteiger partial charge in [-0.2, -0.15) is 0 Å². The smallest absolute Gasteiger partial charge is 0.238 e. The molecule has 102 valence electrons. The zero-order valence-corrected chi connectivity index (χ0v) is 12.4. The second-order valence-electron chi connectivity index (χ2n) is 4.02. The van der Waals surface area contributed by atoms with Gasteiger partial charge in [0.25, 0.3) is 0 Å². The summed E-state index contributed by atoms with van der Waals surface area (Å²) >= 11 is 7.43. The van der Waals surface area contributed by atoms with E-state index < -0.39 is 10.0 Å². The van der Waals surface area contributed by atoms with E-state index in [4.69, 9.17) is 16.7 Å². The molecule has 0 bridgehead atoms. The van der Waals surface area contributed by atoms with Crippen molar-refractivity contribution >= 4 is 33.0 Å². The van der Waals surface area contributed by atoms with Crippen LogP contribution in [0.3, 0.4) is 0 Å². The average molecular weight is 317 g/mol. The molecule has 0 saturated heterocycles. The lowest BCUT2D eigenvalue weighted by Gasteiger charge is -2.04. The van der Waals surface area contributed by atoms with E-state index in [9.17, 15) is 8.42 Å². The highest BCUT2D eigenvalue weighted by atomic mass is 35.5. The highest BCUT2D eigenvalue weighted by molar-refractivity contribution is 7.89. The van der Waals surface area contributed by atoms with Crippen LogP contribution in [0.25, 0.3) is 0 Å². The topological polar surface area (TPSA) is 72.2 Å². The summed E-state index contributed by atoms with van der Waals surface area (Å²) in [5.74, 6) is 0. The summed E-state index contributed by atoms with van der Waals surface area (Å²) in [6.45, 7) is 1.38. The summed E-state index contributed by atoms with van der Waals surface area (Å²) < 4.78 is 22.2. The molecule has 19 heavy (non-hydrogen) atoms. The molecule has 4 nitrogen and oxygen atoms in total. The number of rotatable bonds is 5. The second-order valence-corrected chi connectivity index (χ2v) is 7.02. The minimum atomic E-state index is -3.61. The first-order valence-corrected chi connectivity index (χ1v) is 8.31. The Labute approximate surface area is 121 Å². The number of hydrogen-bond donors (Lipinski definition) is 2. The zero-order chi connectivity index (χ0) is 13.9. The number of benzene rings is 1. The molecule has 0 aliphatic rings. The van der Waals surface area contributed by atoms with Gasteiger partial charge in [-0.1, -0.05) is 23.7 Å². The molecular weight excluding hydrogens is 304 g/mol. The molecule has 1 aromatic heterocycles. The molecular formula is C12H13ClN2O2S2. The number of primary sulfonamides is 1. The number of nitrogens with two attached hydrogens (primary N) is 1. The summed E-state index contributed by atoms with van der Waals surface area (Å²) in [6.07, 6.45) is 0. The van der Waals surface area contributed by atoms with Crippen LogP contribution in [-0.4, -0.2) is 8.42 Å². The maximum Gasteiger partial charge on any atom is 0.238 e. The molecule has 0 radical (unpaired) electrons. The number of nitrogens with one attached hydrogen (secondary N) is 1. The third-order valence-corrected chi connectivity index (χ3v) is 4.72. The predicted molar refractivity (Wildman–Crippen MR) is 77.7 cm³/mol. The Balaban J connectivity index is 1.90. The Bertz CT molecular complexity index is 651. The van der Waals surface area contributed by atoms with Gasteiger partial charge < -0.3 is 5.32 Å². The third kappa shape index (κ3) is 4.29. The molecule has 0 unspecified atom stereocenters. The molecule has 0 fully saturated rings. The summed E-state index contributed by atoms with van der Waals surface area (Å²) in [4.78, 5) is 1.28. The molecule has 0 atom stereocenters. The molecule has 0 amide bonds. The largest absolute Gasteiger partial charge is 0.308 e. The van der Waals surface area contributed by atoms with Gasteiger partial charge in [-0.25, -0.2) is 13.6 Å². The first-order valence-electron chi connectivity index (χ1n) is 5.50. The van der Waals surface area contributed by atoms with Crippen LogP contribution in [0.15, 0.2) is 40.6 Å². The van der Waals surface area contributed by atoms with E-state index in [1.807, 2.05) is 11.4 Å². The lowest BCUT2D eigenvalue weighted by Crippen LogP contribution is -2.13. The first-order chi connectivity index (χ1) is 8.95. The third-order valence-electron chi connectivity index (χ3n) is 2.50. The average Bonchev–Trinajstić information content (AvgIpc) is 2.75. The van der Waals surface area contributed by atoms with Gasteiger partial charge in [0.2, 0.25) is 10.0 Å². The molecule has 2 aromatic rings. The van der Waals surface area contributed by atoms with Crippen molar-refractivity contribution in [2.24, 2.45) is 5.14 Å². The fraction of sp³-hybridized carbons (Fsp3) is 0.167. The minimum absolute atomic E-state index is 0.126. The fourth-order valence-corrected chi connectivity index (χ4v) is 3.13. The van der Waals surface area contributed by atoms with E-state index in [0.717, 1.165) is 22.0 Å². The molecule has 2 rings (SSSR count). The lowest BCUT2D eigenvalue weighted by molar-refractivity contribution is 0.597. The van der Waals surface area contributed by atoms with Crippen LogP contribution in [-0.2, 0) is 23.1 Å². The van der Waals surface area contributed by atoms with Gasteiger partial charge in [-0.05, 0) is 23.8 Å². The van der Waals surface area contributed by atoms with Crippen molar-refractivity contribution in [1.82, 2.24) is 5.32 Å². The molecule has 7 heteroatoms. The highest BCUT2D eigenvalue weighted by Gasteiger charge is 2.06. The van der Waals surface area contributed by atoms with Crippen molar-refractivity contribution in [2.75, 3.05) is 0 Å². The van der Waals surface area contributed by atoms with Crippen LogP contribution in [0.5, 0.6) is 0 Å². The normalized spacial score (nSPS) is 11.7. The monoisotopic (exact) mass is 316 g/mol. The van der Waals surface area contributed by atoms with Crippen molar-refractivity contribution in [1.29, 1.82) is 0 Å². The van der Waals surface area contributed by atoms with Crippen LogP contribution >= 0.6 is 22.9 Å². The predicted octanol–water partition coefficient (Wildman–Crippen LogP) is 2.34. The van der Waals surface area contributed by atoms with E-state index >= 15 is 0 Å². The van der Waals surface area contributed by atoms with Crippen molar-refractivity contribution < 1.29 is 8.42 Å². The van der Waals surface area contributed by atoms with Gasteiger partial charge in [0.1, 0.15) is 0 Å². The number of thiophene rings is 1. The van der Waals surface area contributed by atoms with Crippen LogP contribution in [0.2, 0.25) is 5.02 Å². The lowest BCUT2D eigenvalue weighted by atomic mass is 10.2. The molecule has 0 spiro atoms. The Hall–Kier alpha value is -0.920. The Kier molecular flexibility index (Phi) is 4.59. The van der Waals surface area contributed by atoms with Gasteiger partial charge in [0.05, 0.1) is 9.92 Å².